The lowest BCUT2D eigenvalue weighted by molar-refractivity contribution is 0.0776. The van der Waals surface area contributed by atoms with Gasteiger partial charge < -0.3 is 45.3 Å². The third-order valence-electron chi connectivity index (χ3n) is 8.19. The first-order chi connectivity index (χ1) is 26.1. The van der Waals surface area contributed by atoms with Crippen LogP contribution in [0.3, 0.4) is 0 Å². The van der Waals surface area contributed by atoms with Crippen LogP contribution in [0.5, 0.6) is 34.5 Å². The molecule has 21 nitrogen and oxygen atoms in total. The van der Waals surface area contributed by atoms with E-state index in [1.807, 2.05) is 0 Å². The molecule has 4 aromatic rings. The number of carbonyl (C=O) groups excluding carboxylic acids is 3. The van der Waals surface area contributed by atoms with Gasteiger partial charge in [0.2, 0.25) is 0 Å². The van der Waals surface area contributed by atoms with Crippen molar-refractivity contribution in [2.75, 3.05) is 21.1 Å². The summed E-state index contributed by atoms with van der Waals surface area (Å²) < 4.78 is 98.6. The zero-order valence-corrected chi connectivity index (χ0v) is 32.0. The summed E-state index contributed by atoms with van der Waals surface area (Å²) in [6.07, 6.45) is 0. The van der Waals surface area contributed by atoms with Crippen LogP contribution < -0.4 is 0 Å². The molecule has 4 rings (SSSR count). The first-order valence-corrected chi connectivity index (χ1v) is 19.9. The fraction of sp³-hybridized carbons (Fsp3) is 0.182. The minimum Gasteiger partial charge on any atom is -0.504 e. The maximum atomic E-state index is 13.4. The summed E-state index contributed by atoms with van der Waals surface area (Å²) in [7, 11) is -11.3. The Balaban J connectivity index is 1.76. The molecule has 0 aromatic heterocycles. The zero-order chi connectivity index (χ0) is 43.1. The first kappa shape index (κ1) is 43.5. The van der Waals surface area contributed by atoms with Crippen LogP contribution in [0.1, 0.15) is 47.8 Å². The molecule has 0 atom stereocenters. The van der Waals surface area contributed by atoms with Crippen LogP contribution in [0.2, 0.25) is 0 Å². The lowest BCUT2D eigenvalue weighted by Crippen LogP contribution is -2.29. The summed E-state index contributed by atoms with van der Waals surface area (Å²) in [4.78, 5) is 40.3. The number of carbonyl (C=O) groups is 3. The van der Waals surface area contributed by atoms with Crippen molar-refractivity contribution < 1.29 is 83.9 Å². The maximum absolute atomic E-state index is 13.4. The van der Waals surface area contributed by atoms with Crippen molar-refractivity contribution in [2.24, 2.45) is 0 Å². The molecule has 57 heavy (non-hydrogen) atoms. The molecule has 24 heteroatoms. The van der Waals surface area contributed by atoms with Gasteiger partial charge in [-0.1, -0.05) is 18.2 Å². The minimum atomic E-state index is -4.95. The van der Waals surface area contributed by atoms with Crippen molar-refractivity contribution in [1.29, 1.82) is 0 Å². The molecule has 0 spiro atoms. The molecule has 0 saturated heterocycles. The number of phenolic OH excluding ortho intramolecular Hbond substituents is 6. The van der Waals surface area contributed by atoms with E-state index in [0.717, 1.165) is 14.7 Å². The van der Waals surface area contributed by atoms with E-state index >= 15 is 0 Å². The molecular weight excluding hydrogens is 823 g/mol. The molecule has 0 saturated carbocycles. The fourth-order valence-corrected chi connectivity index (χ4v) is 7.07. The highest BCUT2D eigenvalue weighted by atomic mass is 32.2. The van der Waals surface area contributed by atoms with Crippen LogP contribution in [0.15, 0.2) is 69.3 Å². The third kappa shape index (κ3) is 9.80. The van der Waals surface area contributed by atoms with E-state index in [1.54, 1.807) is 0 Å². The molecule has 0 aliphatic rings. The number of hydrogen-bond acceptors (Lipinski definition) is 15. The van der Waals surface area contributed by atoms with Gasteiger partial charge in [-0.2, -0.15) is 25.3 Å². The Labute approximate surface area is 323 Å². The maximum Gasteiger partial charge on any atom is 0.294 e. The molecular formula is C33H33N3O18S3. The van der Waals surface area contributed by atoms with Crippen LogP contribution in [0.25, 0.3) is 0 Å². The van der Waals surface area contributed by atoms with Crippen molar-refractivity contribution >= 4 is 48.1 Å². The Morgan fingerprint density at radius 2 is 0.632 bits per heavy atom. The lowest BCUT2D eigenvalue weighted by Gasteiger charge is -2.23. The van der Waals surface area contributed by atoms with Crippen molar-refractivity contribution in [3.05, 3.63) is 88.0 Å². The summed E-state index contributed by atoms with van der Waals surface area (Å²) in [5.41, 5.74) is -1.54. The Kier molecular flexibility index (Phi) is 12.0. The van der Waals surface area contributed by atoms with E-state index < -0.39 is 114 Å². The van der Waals surface area contributed by atoms with E-state index in [9.17, 15) is 83.9 Å². The van der Waals surface area contributed by atoms with Gasteiger partial charge in [-0.25, -0.2) is 0 Å². The van der Waals surface area contributed by atoms with Gasteiger partial charge in [0.15, 0.2) is 34.5 Å². The van der Waals surface area contributed by atoms with Crippen LogP contribution in [-0.2, 0) is 50.0 Å². The van der Waals surface area contributed by atoms with E-state index in [-0.39, 0.29) is 36.3 Å². The van der Waals surface area contributed by atoms with Gasteiger partial charge in [-0.3, -0.25) is 28.0 Å². The van der Waals surface area contributed by atoms with E-state index in [4.69, 9.17) is 0 Å². The smallest absolute Gasteiger partial charge is 0.294 e. The average molecular weight is 856 g/mol. The van der Waals surface area contributed by atoms with Crippen molar-refractivity contribution in [1.82, 2.24) is 14.7 Å². The highest BCUT2D eigenvalue weighted by Gasteiger charge is 2.27. The van der Waals surface area contributed by atoms with Crippen LogP contribution >= 0.6 is 0 Å². The molecule has 0 aliphatic carbocycles. The van der Waals surface area contributed by atoms with Crippen LogP contribution in [-0.4, -0.2) is 123 Å². The monoisotopic (exact) mass is 855 g/mol. The van der Waals surface area contributed by atoms with Gasteiger partial charge in [0.25, 0.3) is 48.1 Å². The van der Waals surface area contributed by atoms with E-state index in [2.05, 4.69) is 0 Å². The highest BCUT2D eigenvalue weighted by Crippen LogP contribution is 2.36. The first-order valence-electron chi connectivity index (χ1n) is 15.6. The van der Waals surface area contributed by atoms with Gasteiger partial charge in [-0.05, 0) is 34.9 Å². The number of rotatable bonds is 12. The number of phenols is 6. The molecule has 0 bridgehead atoms. The summed E-state index contributed by atoms with van der Waals surface area (Å²) in [6, 6.07) is 7.64. The van der Waals surface area contributed by atoms with Crippen molar-refractivity contribution in [3.63, 3.8) is 0 Å². The second-order valence-electron chi connectivity index (χ2n) is 12.6. The average Bonchev–Trinajstić information content (AvgIpc) is 3.09. The van der Waals surface area contributed by atoms with Gasteiger partial charge in [0, 0.05) is 59.0 Å². The van der Waals surface area contributed by atoms with Gasteiger partial charge in [0.05, 0.1) is 31.4 Å². The minimum absolute atomic E-state index is 0.220. The molecule has 9 N–H and O–H groups in total. The van der Waals surface area contributed by atoms with Gasteiger partial charge in [0.1, 0.15) is 0 Å². The number of amides is 3. The zero-order valence-electron chi connectivity index (χ0n) is 29.6. The summed E-state index contributed by atoms with van der Waals surface area (Å²) >= 11 is 0. The van der Waals surface area contributed by atoms with E-state index in [0.29, 0.717) is 36.4 Å². The van der Waals surface area contributed by atoms with Crippen LogP contribution in [0, 0.1) is 0 Å². The molecule has 4 aromatic carbocycles. The topological polar surface area (TPSA) is 345 Å². The molecule has 0 radical (unpaired) electrons. The summed E-state index contributed by atoms with van der Waals surface area (Å²) in [5, 5.41) is 61.1. The van der Waals surface area contributed by atoms with Crippen LogP contribution in [0.4, 0.5) is 0 Å². The number of aromatic hydroxyl groups is 6. The number of hydrogen-bond donors (Lipinski definition) is 9. The third-order valence-corrected chi connectivity index (χ3v) is 10.7. The van der Waals surface area contributed by atoms with E-state index in [1.165, 1.54) is 39.3 Å². The Bertz CT molecular complexity index is 2360. The fourth-order valence-electron chi connectivity index (χ4n) is 5.48. The molecule has 3 amide bonds. The molecule has 0 unspecified atom stereocenters. The van der Waals surface area contributed by atoms with Crippen molar-refractivity contribution in [2.45, 2.75) is 34.3 Å². The predicted molar refractivity (Wildman–Crippen MR) is 193 cm³/mol. The highest BCUT2D eigenvalue weighted by molar-refractivity contribution is 7.86. The normalized spacial score (nSPS) is 11.9. The summed E-state index contributed by atoms with van der Waals surface area (Å²) in [6.45, 7) is -1.12. The number of benzene rings is 4. The molecule has 306 valence electrons. The Morgan fingerprint density at radius 3 is 0.825 bits per heavy atom. The lowest BCUT2D eigenvalue weighted by atomic mass is 10.0. The second-order valence-corrected chi connectivity index (χ2v) is 16.8. The summed E-state index contributed by atoms with van der Waals surface area (Å²) in [5.74, 6) is -9.40. The molecule has 0 heterocycles. The van der Waals surface area contributed by atoms with Gasteiger partial charge in [-0.15, -0.1) is 0 Å². The quantitative estimate of drug-likeness (QED) is 0.0719. The van der Waals surface area contributed by atoms with Gasteiger partial charge >= 0.3 is 0 Å². The Hall–Kier alpha value is -6.18. The predicted octanol–water partition coefficient (Wildman–Crippen LogP) is 1.48. The van der Waals surface area contributed by atoms with Crippen molar-refractivity contribution in [3.8, 4) is 34.5 Å². The molecule has 0 fully saturated rings. The second kappa shape index (κ2) is 15.8. The SMILES string of the molecule is CN(Cc1cc(CN(C)C(=O)c2cc(S(=O)(=O)O)cc(O)c2O)cc(CN(C)C(=O)c2cc(S(=O)(=O)O)cc(O)c2O)c1)C(=O)c1cc(S(=O)(=O)O)cc(O)c1O. The standard InChI is InChI=1S/C33H33N3O18S3/c1-34(31(43)22-7-19(55(46,47)48)10-25(37)28(22)40)13-16-4-17(14-35(2)32(44)23-8-20(56(49,50)51)11-26(38)29(23)41)6-18(5-16)15-36(3)33(45)24-9-21(57(52,53)54)12-27(39)30(24)42/h4-12,37-42H,13-15H2,1-3H3,(H,46,47,48)(H,49,50,51)(H,52,53,54). The Morgan fingerprint density at radius 1 is 0.421 bits per heavy atom. The number of nitrogens with zero attached hydrogens (tertiary/aromatic N) is 3. The largest absolute Gasteiger partial charge is 0.504 e. The molecule has 0 aliphatic heterocycles.